The number of fused-ring (bicyclic) bond motifs is 3. The molecule has 1 saturated heterocycles. The molecule has 1 aromatic carbocycles. The first-order valence-corrected chi connectivity index (χ1v) is 9.53. The zero-order chi connectivity index (χ0) is 19.9. The van der Waals surface area contributed by atoms with Crippen LogP contribution in [0.3, 0.4) is 0 Å². The lowest BCUT2D eigenvalue weighted by atomic mass is 9.99. The predicted molar refractivity (Wildman–Crippen MR) is 106 cm³/mol. The van der Waals surface area contributed by atoms with E-state index in [4.69, 9.17) is 19.6 Å². The van der Waals surface area contributed by atoms with Crippen molar-refractivity contribution in [3.05, 3.63) is 38.5 Å². The van der Waals surface area contributed by atoms with E-state index >= 15 is 0 Å². The van der Waals surface area contributed by atoms with Crippen molar-refractivity contribution >= 4 is 16.6 Å². The third-order valence-corrected chi connectivity index (χ3v) is 4.95. The summed E-state index contributed by atoms with van der Waals surface area (Å²) >= 11 is 0. The van der Waals surface area contributed by atoms with Gasteiger partial charge in [0.25, 0.3) is 5.56 Å². The number of ether oxygens (including phenoxy) is 2. The molecule has 1 aromatic heterocycles. The maximum absolute atomic E-state index is 12.5. The van der Waals surface area contributed by atoms with Gasteiger partial charge in [-0.05, 0) is 37.5 Å². The van der Waals surface area contributed by atoms with Crippen molar-refractivity contribution in [2.45, 2.75) is 26.3 Å². The predicted octanol–water partition coefficient (Wildman–Crippen LogP) is 2.26. The van der Waals surface area contributed by atoms with Crippen molar-refractivity contribution in [2.75, 3.05) is 44.8 Å². The molecule has 0 unspecified atom stereocenters. The number of rotatable bonds is 4. The van der Waals surface area contributed by atoms with Gasteiger partial charge in [-0.2, -0.15) is 0 Å². The van der Waals surface area contributed by atoms with Gasteiger partial charge in [0.2, 0.25) is 0 Å². The van der Waals surface area contributed by atoms with Crippen LogP contribution in [0.5, 0.6) is 5.75 Å². The van der Waals surface area contributed by atoms with Crippen molar-refractivity contribution in [1.29, 1.82) is 0 Å². The number of morpholine rings is 1. The molecule has 2 aliphatic rings. The Balaban J connectivity index is 0.000000706. The number of nitrogens with zero attached hydrogens (tertiary/aromatic N) is 2. The first-order chi connectivity index (χ1) is 13.7. The Morgan fingerprint density at radius 1 is 1.32 bits per heavy atom. The summed E-state index contributed by atoms with van der Waals surface area (Å²) in [7, 11) is 0. The summed E-state index contributed by atoms with van der Waals surface area (Å²) in [6, 6.07) is 4.21. The summed E-state index contributed by atoms with van der Waals surface area (Å²) in [4.78, 5) is 26.0. The molecular weight excluding hydrogens is 364 g/mol. The Morgan fingerprint density at radius 3 is 2.79 bits per heavy atom. The van der Waals surface area contributed by atoms with Crippen LogP contribution in [0, 0.1) is 4.91 Å². The molecule has 3 heterocycles. The number of anilines is 1. The maximum atomic E-state index is 12.5. The van der Waals surface area contributed by atoms with Crippen LogP contribution >= 0.6 is 0 Å². The van der Waals surface area contributed by atoms with Crippen LogP contribution in [-0.2, 0) is 17.7 Å². The number of pyridine rings is 1. The fourth-order valence-corrected chi connectivity index (χ4v) is 3.78. The lowest BCUT2D eigenvalue weighted by Crippen LogP contribution is -2.35. The topological polar surface area (TPSA) is 116 Å². The molecule has 1 fully saturated rings. The number of hydrogen-bond acceptors (Lipinski definition) is 7. The molecular formula is C19H26N4O5. The zero-order valence-electron chi connectivity index (χ0n) is 16.0. The average molecular weight is 390 g/mol. The van der Waals surface area contributed by atoms with E-state index in [9.17, 15) is 4.79 Å². The van der Waals surface area contributed by atoms with E-state index in [0.29, 0.717) is 6.61 Å². The average Bonchev–Trinajstić information content (AvgIpc) is 2.69. The molecule has 0 atom stereocenters. The lowest BCUT2D eigenvalue weighted by Gasteiger charge is -2.27. The second-order valence-corrected chi connectivity index (χ2v) is 6.76. The van der Waals surface area contributed by atoms with Crippen molar-refractivity contribution < 1.29 is 14.7 Å². The Bertz CT molecular complexity index is 877. The molecule has 2 aromatic rings. The van der Waals surface area contributed by atoms with Crippen LogP contribution in [0.1, 0.15) is 24.5 Å². The number of aromatic amines is 1. The molecule has 0 aliphatic carbocycles. The second-order valence-electron chi connectivity index (χ2n) is 6.76. The van der Waals surface area contributed by atoms with Crippen LogP contribution in [0.2, 0.25) is 0 Å². The van der Waals surface area contributed by atoms with Crippen LogP contribution in [0.4, 0.5) is 5.69 Å². The van der Waals surface area contributed by atoms with Crippen molar-refractivity contribution in [1.82, 2.24) is 9.88 Å². The van der Waals surface area contributed by atoms with Gasteiger partial charge in [0.15, 0.2) is 5.34 Å². The number of H-pyrrole nitrogens is 1. The molecule has 0 radical (unpaired) electrons. The summed E-state index contributed by atoms with van der Waals surface area (Å²) in [5.74, 6) is 0.852. The Kier molecular flexibility index (Phi) is 6.83. The van der Waals surface area contributed by atoms with E-state index < -0.39 is 0 Å². The molecule has 28 heavy (non-hydrogen) atoms. The fourth-order valence-electron chi connectivity index (χ4n) is 3.78. The maximum Gasteiger partial charge on any atom is 0.253 e. The third kappa shape index (κ3) is 4.42. The van der Waals surface area contributed by atoms with Crippen LogP contribution < -0.4 is 15.6 Å². The largest absolute Gasteiger partial charge is 0.493 e. The van der Waals surface area contributed by atoms with E-state index in [2.05, 4.69) is 27.3 Å². The number of benzene rings is 1. The minimum absolute atomic E-state index is 0.0145. The zero-order valence-corrected chi connectivity index (χ0v) is 16.0. The molecule has 152 valence electrons. The van der Waals surface area contributed by atoms with Gasteiger partial charge in [0.1, 0.15) is 5.75 Å². The second kappa shape index (κ2) is 9.52. The quantitative estimate of drug-likeness (QED) is 0.541. The third-order valence-electron chi connectivity index (χ3n) is 4.95. The molecule has 3 N–H and O–H groups in total. The van der Waals surface area contributed by atoms with E-state index in [0.717, 1.165) is 85.7 Å². The van der Waals surface area contributed by atoms with E-state index in [1.807, 2.05) is 6.92 Å². The summed E-state index contributed by atoms with van der Waals surface area (Å²) in [6.07, 6.45) is 1.80. The van der Waals surface area contributed by atoms with E-state index in [1.165, 1.54) is 5.34 Å². The van der Waals surface area contributed by atoms with Gasteiger partial charge < -0.3 is 25.0 Å². The molecule has 0 saturated carbocycles. The lowest BCUT2D eigenvalue weighted by molar-refractivity contribution is 0.0342. The fraction of sp³-hybridized carbons (Fsp3) is 0.526. The Hall–Kier alpha value is -2.65. The van der Waals surface area contributed by atoms with Crippen molar-refractivity contribution in [3.8, 4) is 5.75 Å². The van der Waals surface area contributed by atoms with Gasteiger partial charge in [0.05, 0.1) is 36.4 Å². The van der Waals surface area contributed by atoms with Gasteiger partial charge in [-0.15, -0.1) is 4.91 Å². The highest BCUT2D eigenvalue weighted by molar-refractivity contribution is 5.98. The Morgan fingerprint density at radius 2 is 2.07 bits per heavy atom. The highest BCUT2D eigenvalue weighted by atomic mass is 16.6. The van der Waals surface area contributed by atoms with Crippen LogP contribution in [-0.4, -0.2) is 54.5 Å². The van der Waals surface area contributed by atoms with E-state index in [1.54, 1.807) is 0 Å². The monoisotopic (exact) mass is 390 g/mol. The summed E-state index contributed by atoms with van der Waals surface area (Å²) in [5, 5.41) is 12.3. The van der Waals surface area contributed by atoms with Crippen LogP contribution in [0.25, 0.3) is 10.9 Å². The summed E-state index contributed by atoms with van der Waals surface area (Å²) in [5.41, 5.74) is 3.82. The Labute approximate surface area is 162 Å². The minimum atomic E-state index is 0.0145. The van der Waals surface area contributed by atoms with Gasteiger partial charge >= 0.3 is 0 Å². The number of nitrogens with one attached hydrogen (secondary N) is 2. The van der Waals surface area contributed by atoms with Gasteiger partial charge in [-0.25, -0.2) is 0 Å². The number of aromatic nitrogens is 1. The first-order valence-electron chi connectivity index (χ1n) is 9.53. The molecule has 4 rings (SSSR count). The van der Waals surface area contributed by atoms with Gasteiger partial charge in [-0.1, -0.05) is 0 Å². The molecule has 2 aliphatic heterocycles. The minimum Gasteiger partial charge on any atom is -0.493 e. The highest BCUT2D eigenvalue weighted by Crippen LogP contribution is 2.36. The normalized spacial score (nSPS) is 16.5. The molecule has 0 bridgehead atoms. The summed E-state index contributed by atoms with van der Waals surface area (Å²) in [6.45, 7) is 7.75. The van der Waals surface area contributed by atoms with Gasteiger partial charge in [0, 0.05) is 31.7 Å². The standard InChI is InChI=1S/C19H25N3O3.HNO2/c1-2-25-16-11-13(12-22-6-8-24-9-7-22)10-15-17(16)18-14(19(23)21-15)4-3-5-20-18;2-1-3/h10-11,20H,2-9,12H2,1H3,(H,21,23);(H,2,3). The highest BCUT2D eigenvalue weighted by Gasteiger charge is 2.20. The van der Waals surface area contributed by atoms with Crippen molar-refractivity contribution in [3.63, 3.8) is 0 Å². The first kappa shape index (κ1) is 20.1. The SMILES string of the molecule is CCOc1cc(CN2CCOCC2)cc2[nH]c(=O)c3c(c12)NCCC3.O=NO. The smallest absolute Gasteiger partial charge is 0.253 e. The van der Waals surface area contributed by atoms with E-state index in [-0.39, 0.29) is 5.56 Å². The molecule has 0 spiro atoms. The van der Waals surface area contributed by atoms with Crippen LogP contribution in [0.15, 0.2) is 22.3 Å². The van der Waals surface area contributed by atoms with Crippen molar-refractivity contribution in [2.24, 2.45) is 5.34 Å². The molecule has 0 amide bonds. The number of hydrogen-bond donors (Lipinski definition) is 3. The molecule has 9 nitrogen and oxygen atoms in total. The molecule has 9 heteroatoms. The van der Waals surface area contributed by atoms with Gasteiger partial charge in [-0.3, -0.25) is 9.69 Å². The summed E-state index contributed by atoms with van der Waals surface area (Å²) < 4.78 is 11.4.